The van der Waals surface area contributed by atoms with Crippen molar-refractivity contribution in [2.45, 2.75) is 27.2 Å². The molecule has 3 aromatic heterocycles. The molecule has 4 aromatic rings. The van der Waals surface area contributed by atoms with Gasteiger partial charge in [-0.15, -0.1) is 0 Å². The van der Waals surface area contributed by atoms with Crippen LogP contribution in [0.4, 0.5) is 0 Å². The van der Waals surface area contributed by atoms with Crippen LogP contribution in [0.15, 0.2) is 47.0 Å². The Morgan fingerprint density at radius 1 is 1.00 bits per heavy atom. The fraction of sp³-hybridized carbons (Fsp3) is 0.200. The predicted molar refractivity (Wildman–Crippen MR) is 93.6 cm³/mol. The van der Waals surface area contributed by atoms with Crippen LogP contribution >= 0.6 is 0 Å². The quantitative estimate of drug-likeness (QED) is 0.509. The number of nitrogens with zero attached hydrogens (tertiary/aromatic N) is 2. The number of aryl methyl sites for hydroxylation is 3. The maximum absolute atomic E-state index is 6.12. The third-order valence-electron chi connectivity index (χ3n) is 4.34. The van der Waals surface area contributed by atoms with Crippen molar-refractivity contribution in [3.05, 3.63) is 59.4 Å². The van der Waals surface area contributed by atoms with Crippen LogP contribution in [0.5, 0.6) is 0 Å². The molecular formula is C20H18N2O. The molecule has 0 atom stereocenters. The molecule has 23 heavy (non-hydrogen) atoms. The van der Waals surface area contributed by atoms with Crippen molar-refractivity contribution in [2.75, 3.05) is 0 Å². The number of pyridine rings is 2. The van der Waals surface area contributed by atoms with Crippen molar-refractivity contribution < 1.29 is 4.42 Å². The Balaban J connectivity index is 2.08. The van der Waals surface area contributed by atoms with Gasteiger partial charge in [-0.2, -0.15) is 0 Å². The van der Waals surface area contributed by atoms with Gasteiger partial charge >= 0.3 is 0 Å². The van der Waals surface area contributed by atoms with Crippen molar-refractivity contribution in [3.8, 4) is 11.3 Å². The van der Waals surface area contributed by atoms with Crippen LogP contribution in [0.1, 0.15) is 23.7 Å². The summed E-state index contributed by atoms with van der Waals surface area (Å²) in [4.78, 5) is 9.10. The Bertz CT molecular complexity index is 1030. The zero-order chi connectivity index (χ0) is 16.0. The van der Waals surface area contributed by atoms with Gasteiger partial charge in [-0.3, -0.25) is 4.98 Å². The van der Waals surface area contributed by atoms with E-state index in [1.807, 2.05) is 19.2 Å². The lowest BCUT2D eigenvalue weighted by molar-refractivity contribution is 0.653. The molecule has 0 aliphatic carbocycles. The van der Waals surface area contributed by atoms with Crippen molar-refractivity contribution >= 4 is 22.1 Å². The van der Waals surface area contributed by atoms with Gasteiger partial charge in [0.25, 0.3) is 0 Å². The van der Waals surface area contributed by atoms with E-state index in [0.29, 0.717) is 5.71 Å². The van der Waals surface area contributed by atoms with Gasteiger partial charge in [0.15, 0.2) is 0 Å². The van der Waals surface area contributed by atoms with Gasteiger partial charge in [-0.05, 0) is 55.7 Å². The van der Waals surface area contributed by atoms with Gasteiger partial charge in [-0.1, -0.05) is 19.1 Å². The molecular weight excluding hydrogens is 284 g/mol. The summed E-state index contributed by atoms with van der Waals surface area (Å²) in [6.45, 7) is 6.23. The van der Waals surface area contributed by atoms with Crippen LogP contribution in [0.3, 0.4) is 0 Å². The highest BCUT2D eigenvalue weighted by Gasteiger charge is 2.16. The van der Waals surface area contributed by atoms with Crippen molar-refractivity contribution in [1.29, 1.82) is 0 Å². The monoisotopic (exact) mass is 302 g/mol. The average molecular weight is 302 g/mol. The first-order valence-electron chi connectivity index (χ1n) is 7.92. The minimum absolute atomic E-state index is 0.693. The Morgan fingerprint density at radius 2 is 1.83 bits per heavy atom. The lowest BCUT2D eigenvalue weighted by atomic mass is 10.00. The Morgan fingerprint density at radius 3 is 2.65 bits per heavy atom. The lowest BCUT2D eigenvalue weighted by Gasteiger charge is -2.07. The highest BCUT2D eigenvalue weighted by Crippen LogP contribution is 2.36. The van der Waals surface area contributed by atoms with Crippen LogP contribution in [-0.2, 0) is 6.42 Å². The third-order valence-corrected chi connectivity index (χ3v) is 4.34. The summed E-state index contributed by atoms with van der Waals surface area (Å²) >= 11 is 0. The number of hydrogen-bond acceptors (Lipinski definition) is 3. The summed E-state index contributed by atoms with van der Waals surface area (Å²) in [5.41, 5.74) is 6.99. The van der Waals surface area contributed by atoms with E-state index in [-0.39, 0.29) is 0 Å². The molecule has 3 heteroatoms. The summed E-state index contributed by atoms with van der Waals surface area (Å²) < 4.78 is 6.12. The van der Waals surface area contributed by atoms with E-state index in [0.717, 1.165) is 45.3 Å². The summed E-state index contributed by atoms with van der Waals surface area (Å²) in [7, 11) is 0. The van der Waals surface area contributed by atoms with E-state index < -0.39 is 0 Å². The Hall–Kier alpha value is -2.68. The van der Waals surface area contributed by atoms with Gasteiger partial charge in [-0.25, -0.2) is 4.98 Å². The number of rotatable bonds is 2. The van der Waals surface area contributed by atoms with E-state index in [4.69, 9.17) is 4.42 Å². The molecule has 114 valence electrons. The summed E-state index contributed by atoms with van der Waals surface area (Å²) in [5.74, 6) is 0. The van der Waals surface area contributed by atoms with Crippen molar-refractivity contribution in [1.82, 2.24) is 9.97 Å². The molecule has 3 heterocycles. The number of fused-ring (bicyclic) bond motifs is 3. The second-order valence-electron chi connectivity index (χ2n) is 5.94. The number of benzene rings is 1. The number of furan rings is 1. The normalized spacial score (nSPS) is 11.4. The van der Waals surface area contributed by atoms with Gasteiger partial charge in [0, 0.05) is 28.2 Å². The van der Waals surface area contributed by atoms with Gasteiger partial charge in [0.05, 0.1) is 5.69 Å². The molecule has 0 unspecified atom stereocenters. The third kappa shape index (κ3) is 2.20. The molecule has 1 aromatic carbocycles. The van der Waals surface area contributed by atoms with Crippen LogP contribution in [0.25, 0.3) is 33.3 Å². The van der Waals surface area contributed by atoms with E-state index in [9.17, 15) is 0 Å². The van der Waals surface area contributed by atoms with Crippen molar-refractivity contribution in [2.24, 2.45) is 0 Å². The molecule has 0 N–H and O–H groups in total. The smallest absolute Gasteiger partial charge is 0.227 e. The zero-order valence-electron chi connectivity index (χ0n) is 13.6. The second-order valence-corrected chi connectivity index (χ2v) is 5.94. The van der Waals surface area contributed by atoms with E-state index in [1.54, 1.807) is 0 Å². The topological polar surface area (TPSA) is 38.9 Å². The van der Waals surface area contributed by atoms with E-state index in [2.05, 4.69) is 54.1 Å². The second kappa shape index (κ2) is 5.20. The van der Waals surface area contributed by atoms with Gasteiger partial charge in [0.2, 0.25) is 5.71 Å². The molecule has 0 spiro atoms. The maximum atomic E-state index is 6.12. The molecule has 0 saturated carbocycles. The molecule has 0 aliphatic heterocycles. The minimum atomic E-state index is 0.693. The number of aromatic nitrogens is 2. The minimum Gasteiger partial charge on any atom is -0.437 e. The fourth-order valence-electron chi connectivity index (χ4n) is 3.06. The Labute approximate surface area is 135 Å². The summed E-state index contributed by atoms with van der Waals surface area (Å²) in [6.07, 6.45) is 2.86. The molecule has 0 bridgehead atoms. The summed E-state index contributed by atoms with van der Waals surface area (Å²) in [6, 6.07) is 12.6. The maximum Gasteiger partial charge on any atom is 0.227 e. The highest BCUT2D eigenvalue weighted by molar-refractivity contribution is 6.08. The SMILES string of the molecule is CCc1ccnc(-c2c(C)ccc3c2oc2nc(C)ccc23)c1. The molecule has 0 fully saturated rings. The zero-order valence-corrected chi connectivity index (χ0v) is 13.6. The van der Waals surface area contributed by atoms with Gasteiger partial charge in [0.1, 0.15) is 5.58 Å². The predicted octanol–water partition coefficient (Wildman–Crippen LogP) is 5.22. The highest BCUT2D eigenvalue weighted by atomic mass is 16.3. The van der Waals surface area contributed by atoms with Gasteiger partial charge < -0.3 is 4.42 Å². The average Bonchev–Trinajstić information content (AvgIpc) is 2.91. The number of hydrogen-bond donors (Lipinski definition) is 0. The Kier molecular flexibility index (Phi) is 3.15. The largest absolute Gasteiger partial charge is 0.437 e. The molecule has 0 aliphatic rings. The molecule has 4 rings (SSSR count). The van der Waals surface area contributed by atoms with E-state index >= 15 is 0 Å². The van der Waals surface area contributed by atoms with Crippen LogP contribution in [0.2, 0.25) is 0 Å². The fourth-order valence-corrected chi connectivity index (χ4v) is 3.06. The molecule has 0 radical (unpaired) electrons. The first kappa shape index (κ1) is 13.9. The molecule has 3 nitrogen and oxygen atoms in total. The van der Waals surface area contributed by atoms with Crippen LogP contribution in [-0.4, -0.2) is 9.97 Å². The molecule has 0 saturated heterocycles. The summed E-state index contributed by atoms with van der Waals surface area (Å²) in [5, 5.41) is 2.15. The van der Waals surface area contributed by atoms with E-state index in [1.165, 1.54) is 5.56 Å². The standard InChI is InChI=1S/C20H18N2O/c1-4-14-9-10-21-17(11-14)18-12(2)5-7-15-16-8-6-13(3)22-20(16)23-19(15)18/h5-11H,4H2,1-3H3. The first-order chi connectivity index (χ1) is 11.2. The first-order valence-corrected chi connectivity index (χ1v) is 7.92. The molecule has 0 amide bonds. The van der Waals surface area contributed by atoms with Crippen LogP contribution in [0, 0.1) is 13.8 Å². The lowest BCUT2D eigenvalue weighted by Crippen LogP contribution is -1.90. The van der Waals surface area contributed by atoms with Crippen LogP contribution < -0.4 is 0 Å². The van der Waals surface area contributed by atoms with Crippen molar-refractivity contribution in [3.63, 3.8) is 0 Å².